The van der Waals surface area contributed by atoms with Crippen molar-refractivity contribution in [2.24, 2.45) is 0 Å². The van der Waals surface area contributed by atoms with Crippen LogP contribution in [0.3, 0.4) is 0 Å². The average molecular weight is 404 g/mol. The monoisotopic (exact) mass is 403 g/mol. The van der Waals surface area contributed by atoms with Crippen LogP contribution < -0.4 is 10.2 Å². The number of hydrogen-bond donors (Lipinski definition) is 2. The molecule has 0 spiro atoms. The molecule has 0 radical (unpaired) electrons. The average Bonchev–Trinajstić information content (AvgIpc) is 3.25. The minimum absolute atomic E-state index is 0.0697. The molecule has 156 valence electrons. The highest BCUT2D eigenvalue weighted by atomic mass is 16.2. The van der Waals surface area contributed by atoms with Crippen molar-refractivity contribution in [1.29, 1.82) is 0 Å². The number of amides is 1. The highest BCUT2D eigenvalue weighted by Gasteiger charge is 2.38. The van der Waals surface area contributed by atoms with E-state index in [1.807, 2.05) is 66.7 Å². The Kier molecular flexibility index (Phi) is 6.00. The van der Waals surface area contributed by atoms with Gasteiger partial charge in [-0.2, -0.15) is 5.10 Å². The van der Waals surface area contributed by atoms with Crippen molar-refractivity contribution in [3.8, 4) is 16.9 Å². The fraction of sp³-hybridized carbons (Fsp3) is 0.360. The molecule has 0 unspecified atom stereocenters. The van der Waals surface area contributed by atoms with Crippen LogP contribution in [0, 0.1) is 0 Å². The third-order valence-corrected chi connectivity index (χ3v) is 6.47. The maximum atomic E-state index is 13.3. The summed E-state index contributed by atoms with van der Waals surface area (Å²) in [6.07, 6.45) is 6.08. The number of quaternary nitrogens is 1. The fourth-order valence-corrected chi connectivity index (χ4v) is 4.48. The second kappa shape index (κ2) is 8.84. The lowest BCUT2D eigenvalue weighted by Crippen LogP contribution is -3.16. The van der Waals surface area contributed by atoms with E-state index in [0.29, 0.717) is 12.2 Å². The summed E-state index contributed by atoms with van der Waals surface area (Å²) in [6, 6.07) is 21.8. The summed E-state index contributed by atoms with van der Waals surface area (Å²) in [5.41, 5.74) is 3.38. The van der Waals surface area contributed by atoms with E-state index in [9.17, 15) is 4.79 Å². The zero-order valence-corrected chi connectivity index (χ0v) is 17.9. The zero-order valence-electron chi connectivity index (χ0n) is 17.9. The molecule has 0 saturated heterocycles. The van der Waals surface area contributed by atoms with Crippen molar-refractivity contribution in [1.82, 2.24) is 15.1 Å². The molecule has 2 N–H and O–H groups in total. The van der Waals surface area contributed by atoms with Crippen LogP contribution in [-0.4, -0.2) is 41.9 Å². The molecule has 1 fully saturated rings. The molecular formula is C25H31N4O+. The van der Waals surface area contributed by atoms with Crippen LogP contribution in [0.4, 0.5) is 0 Å². The van der Waals surface area contributed by atoms with E-state index >= 15 is 0 Å². The van der Waals surface area contributed by atoms with Gasteiger partial charge in [0.2, 0.25) is 0 Å². The maximum Gasteiger partial charge on any atom is 0.270 e. The van der Waals surface area contributed by atoms with Gasteiger partial charge in [0.1, 0.15) is 11.2 Å². The first-order valence-electron chi connectivity index (χ1n) is 10.9. The first kappa shape index (κ1) is 20.4. The molecule has 1 aliphatic carbocycles. The van der Waals surface area contributed by atoms with Gasteiger partial charge in [-0.25, -0.2) is 4.68 Å². The lowest BCUT2D eigenvalue weighted by molar-refractivity contribution is -0.916. The van der Waals surface area contributed by atoms with Gasteiger partial charge >= 0.3 is 0 Å². The molecule has 1 heterocycles. The summed E-state index contributed by atoms with van der Waals surface area (Å²) in [5.74, 6) is -0.0697. The summed E-state index contributed by atoms with van der Waals surface area (Å²) >= 11 is 0. The number of carbonyl (C=O) groups excluding carboxylic acids is 1. The standard InChI is InChI=1S/C25H30N4O/c1-28(2)25(16-10-5-11-17-25)19-26-24(30)23-18-22(20-12-6-3-7-13-20)27-29(23)21-14-8-4-9-15-21/h3-4,6-9,12-15,18H,5,10-11,16-17,19H2,1-2H3,(H,26,30)/p+1. The number of nitrogens with zero attached hydrogens (tertiary/aromatic N) is 2. The van der Waals surface area contributed by atoms with E-state index in [2.05, 4.69) is 19.4 Å². The Hall–Kier alpha value is -2.92. The third-order valence-electron chi connectivity index (χ3n) is 6.47. The molecule has 1 amide bonds. The molecule has 5 nitrogen and oxygen atoms in total. The molecule has 5 heteroatoms. The fourth-order valence-electron chi connectivity index (χ4n) is 4.48. The lowest BCUT2D eigenvalue weighted by Gasteiger charge is -2.39. The van der Waals surface area contributed by atoms with Gasteiger partial charge in [0, 0.05) is 18.4 Å². The maximum absolute atomic E-state index is 13.3. The van der Waals surface area contributed by atoms with Crippen molar-refractivity contribution in [2.45, 2.75) is 37.6 Å². The molecule has 1 aromatic heterocycles. The number of likely N-dealkylation sites (N-methyl/N-ethyl adjacent to an activating group) is 1. The molecule has 0 bridgehead atoms. The molecule has 1 saturated carbocycles. The van der Waals surface area contributed by atoms with Crippen LogP contribution in [0.25, 0.3) is 16.9 Å². The second-order valence-corrected chi connectivity index (χ2v) is 8.55. The molecule has 2 aromatic carbocycles. The Bertz CT molecular complexity index is 973. The van der Waals surface area contributed by atoms with E-state index in [1.165, 1.54) is 24.2 Å². The molecule has 3 aromatic rings. The first-order valence-corrected chi connectivity index (χ1v) is 10.9. The number of para-hydroxylation sites is 1. The summed E-state index contributed by atoms with van der Waals surface area (Å²) in [4.78, 5) is 14.7. The Morgan fingerprint density at radius 3 is 2.27 bits per heavy atom. The van der Waals surface area contributed by atoms with Gasteiger partial charge in [-0.15, -0.1) is 0 Å². The molecular weight excluding hydrogens is 372 g/mol. The van der Waals surface area contributed by atoms with Crippen LogP contribution >= 0.6 is 0 Å². The number of carbonyl (C=O) groups is 1. The van der Waals surface area contributed by atoms with Gasteiger partial charge in [-0.3, -0.25) is 4.79 Å². The van der Waals surface area contributed by atoms with Crippen molar-refractivity contribution in [2.75, 3.05) is 20.6 Å². The predicted molar refractivity (Wildman–Crippen MR) is 120 cm³/mol. The molecule has 30 heavy (non-hydrogen) atoms. The Morgan fingerprint density at radius 1 is 1.00 bits per heavy atom. The van der Waals surface area contributed by atoms with E-state index in [0.717, 1.165) is 29.8 Å². The van der Waals surface area contributed by atoms with Crippen LogP contribution in [-0.2, 0) is 0 Å². The summed E-state index contributed by atoms with van der Waals surface area (Å²) < 4.78 is 1.76. The SMILES string of the molecule is C[NH+](C)C1(CNC(=O)c2cc(-c3ccccc3)nn2-c2ccccc2)CCCCC1. The number of hydrogen-bond acceptors (Lipinski definition) is 2. The van der Waals surface area contributed by atoms with Crippen LogP contribution in [0.15, 0.2) is 66.7 Å². The summed E-state index contributed by atoms with van der Waals surface area (Å²) in [7, 11) is 4.42. The molecule has 0 aliphatic heterocycles. The predicted octanol–water partition coefficient (Wildman–Crippen LogP) is 3.12. The largest absolute Gasteiger partial charge is 0.344 e. The number of aromatic nitrogens is 2. The van der Waals surface area contributed by atoms with Crippen LogP contribution in [0.1, 0.15) is 42.6 Å². The van der Waals surface area contributed by atoms with Crippen molar-refractivity contribution in [3.05, 3.63) is 72.4 Å². The van der Waals surface area contributed by atoms with Gasteiger partial charge in [0.25, 0.3) is 5.91 Å². The minimum atomic E-state index is -0.0697. The Balaban J connectivity index is 1.63. The van der Waals surface area contributed by atoms with Crippen molar-refractivity contribution >= 4 is 5.91 Å². The van der Waals surface area contributed by atoms with E-state index in [4.69, 9.17) is 5.10 Å². The topological polar surface area (TPSA) is 51.4 Å². The van der Waals surface area contributed by atoms with Gasteiger partial charge < -0.3 is 10.2 Å². The molecule has 1 aliphatic rings. The quantitative estimate of drug-likeness (QED) is 0.664. The third kappa shape index (κ3) is 4.17. The summed E-state index contributed by atoms with van der Waals surface area (Å²) in [5, 5.41) is 8.01. The van der Waals surface area contributed by atoms with Crippen LogP contribution in [0.2, 0.25) is 0 Å². The van der Waals surface area contributed by atoms with Gasteiger partial charge in [0.05, 0.1) is 32.0 Å². The molecule has 4 rings (SSSR count). The molecule has 0 atom stereocenters. The first-order chi connectivity index (χ1) is 14.6. The van der Waals surface area contributed by atoms with Crippen molar-refractivity contribution in [3.63, 3.8) is 0 Å². The second-order valence-electron chi connectivity index (χ2n) is 8.55. The minimum Gasteiger partial charge on any atom is -0.344 e. The van der Waals surface area contributed by atoms with E-state index in [-0.39, 0.29) is 11.4 Å². The van der Waals surface area contributed by atoms with Crippen molar-refractivity contribution < 1.29 is 9.69 Å². The Labute approximate surface area is 178 Å². The highest BCUT2D eigenvalue weighted by molar-refractivity contribution is 5.94. The number of benzene rings is 2. The number of nitrogens with one attached hydrogen (secondary N) is 2. The lowest BCUT2D eigenvalue weighted by atomic mass is 9.80. The van der Waals surface area contributed by atoms with E-state index < -0.39 is 0 Å². The number of rotatable bonds is 6. The smallest absolute Gasteiger partial charge is 0.270 e. The normalized spacial score (nSPS) is 15.8. The highest BCUT2D eigenvalue weighted by Crippen LogP contribution is 2.26. The van der Waals surface area contributed by atoms with Gasteiger partial charge in [0.15, 0.2) is 0 Å². The van der Waals surface area contributed by atoms with E-state index in [1.54, 1.807) is 4.68 Å². The van der Waals surface area contributed by atoms with Crippen LogP contribution in [0.5, 0.6) is 0 Å². The van der Waals surface area contributed by atoms with Gasteiger partial charge in [-0.1, -0.05) is 55.0 Å². The van der Waals surface area contributed by atoms with Gasteiger partial charge in [-0.05, 0) is 31.0 Å². The Morgan fingerprint density at radius 2 is 1.63 bits per heavy atom. The summed E-state index contributed by atoms with van der Waals surface area (Å²) in [6.45, 7) is 0.689. The zero-order chi connectivity index (χ0) is 21.0.